The van der Waals surface area contributed by atoms with Crippen LogP contribution in [0, 0.1) is 5.82 Å². The summed E-state index contributed by atoms with van der Waals surface area (Å²) in [4.78, 5) is 12.5. The van der Waals surface area contributed by atoms with E-state index >= 15 is 0 Å². The zero-order chi connectivity index (χ0) is 20.6. The van der Waals surface area contributed by atoms with E-state index in [4.69, 9.17) is 0 Å². The van der Waals surface area contributed by atoms with Gasteiger partial charge in [0.15, 0.2) is 4.34 Å². The Morgan fingerprint density at radius 1 is 1.10 bits per heavy atom. The van der Waals surface area contributed by atoms with Gasteiger partial charge in [0, 0.05) is 6.04 Å². The lowest BCUT2D eigenvalue weighted by Gasteiger charge is -2.16. The van der Waals surface area contributed by atoms with Gasteiger partial charge < -0.3 is 10.6 Å². The molecule has 1 heterocycles. The number of carbonyl (C=O) groups is 1. The van der Waals surface area contributed by atoms with Crippen molar-refractivity contribution in [3.8, 4) is 0 Å². The number of nitrogens with one attached hydrogen (secondary N) is 2. The van der Waals surface area contributed by atoms with E-state index in [0.717, 1.165) is 12.8 Å². The lowest BCUT2D eigenvalue weighted by Crippen LogP contribution is -2.37. The van der Waals surface area contributed by atoms with Gasteiger partial charge in [0.25, 0.3) is 0 Å². The minimum Gasteiger partial charge on any atom is -0.353 e. The molecule has 2 atom stereocenters. The highest BCUT2D eigenvalue weighted by atomic mass is 32.2. The van der Waals surface area contributed by atoms with E-state index in [2.05, 4.69) is 33.0 Å². The number of thioether (sulfide) groups is 1. The number of hydrogen-bond acceptors (Lipinski definition) is 6. The maximum atomic E-state index is 13.7. The number of carbonyl (C=O) groups excluding carboxylic acids is 1. The SMILES string of the molecule is CC(CCc1ccccc1)NC(=O)C(C)Sc1nnc(Nc2ccccc2F)s1. The maximum absolute atomic E-state index is 13.7. The Morgan fingerprint density at radius 3 is 2.59 bits per heavy atom. The third kappa shape index (κ3) is 6.54. The first-order valence-corrected chi connectivity index (χ1v) is 11.1. The van der Waals surface area contributed by atoms with Gasteiger partial charge in [-0.05, 0) is 44.4 Å². The summed E-state index contributed by atoms with van der Waals surface area (Å²) in [6.07, 6.45) is 1.80. The smallest absolute Gasteiger partial charge is 0.233 e. The van der Waals surface area contributed by atoms with E-state index in [1.807, 2.05) is 32.0 Å². The molecular weight excluding hydrogens is 407 g/mol. The van der Waals surface area contributed by atoms with Gasteiger partial charge in [-0.15, -0.1) is 10.2 Å². The Bertz CT molecular complexity index is 935. The van der Waals surface area contributed by atoms with Gasteiger partial charge in [-0.25, -0.2) is 4.39 Å². The van der Waals surface area contributed by atoms with E-state index in [0.29, 0.717) is 15.2 Å². The van der Waals surface area contributed by atoms with E-state index < -0.39 is 0 Å². The molecule has 0 spiro atoms. The van der Waals surface area contributed by atoms with Gasteiger partial charge >= 0.3 is 0 Å². The van der Waals surface area contributed by atoms with Crippen LogP contribution in [0.4, 0.5) is 15.2 Å². The van der Waals surface area contributed by atoms with Crippen LogP contribution in [-0.4, -0.2) is 27.4 Å². The first-order chi connectivity index (χ1) is 14.0. The summed E-state index contributed by atoms with van der Waals surface area (Å²) in [7, 11) is 0. The second kappa shape index (κ2) is 10.4. The second-order valence-corrected chi connectivity index (χ2v) is 9.24. The lowest BCUT2D eigenvalue weighted by molar-refractivity contribution is -0.120. The molecule has 8 heteroatoms. The number of hydrogen-bond donors (Lipinski definition) is 2. The first-order valence-electron chi connectivity index (χ1n) is 9.37. The van der Waals surface area contributed by atoms with E-state index in [1.54, 1.807) is 18.2 Å². The molecule has 0 radical (unpaired) electrons. The first kappa shape index (κ1) is 21.3. The van der Waals surface area contributed by atoms with Crippen LogP contribution in [0.5, 0.6) is 0 Å². The van der Waals surface area contributed by atoms with Gasteiger partial charge in [-0.3, -0.25) is 4.79 Å². The number of aryl methyl sites for hydroxylation is 1. The molecule has 1 aromatic heterocycles. The number of benzene rings is 2. The Morgan fingerprint density at radius 2 is 1.83 bits per heavy atom. The molecule has 2 aromatic carbocycles. The Kier molecular flexibility index (Phi) is 7.60. The largest absolute Gasteiger partial charge is 0.353 e. The third-order valence-corrected chi connectivity index (χ3v) is 6.29. The molecule has 29 heavy (non-hydrogen) atoms. The maximum Gasteiger partial charge on any atom is 0.233 e. The van der Waals surface area contributed by atoms with Crippen molar-refractivity contribution in [2.45, 2.75) is 42.3 Å². The predicted molar refractivity (Wildman–Crippen MR) is 117 cm³/mol. The molecule has 2 unspecified atom stereocenters. The highest BCUT2D eigenvalue weighted by molar-refractivity contribution is 8.02. The van der Waals surface area contributed by atoms with Crippen molar-refractivity contribution in [1.29, 1.82) is 0 Å². The van der Waals surface area contributed by atoms with Crippen molar-refractivity contribution in [3.63, 3.8) is 0 Å². The summed E-state index contributed by atoms with van der Waals surface area (Å²) >= 11 is 2.63. The van der Waals surface area contributed by atoms with Crippen molar-refractivity contribution < 1.29 is 9.18 Å². The van der Waals surface area contributed by atoms with Crippen LogP contribution in [0.2, 0.25) is 0 Å². The molecular formula is C21H23FN4OS2. The normalized spacial score (nSPS) is 12.9. The number of halogens is 1. The fourth-order valence-electron chi connectivity index (χ4n) is 2.65. The zero-order valence-electron chi connectivity index (χ0n) is 16.3. The van der Waals surface area contributed by atoms with Crippen molar-refractivity contribution >= 4 is 39.8 Å². The second-order valence-electron chi connectivity index (χ2n) is 6.67. The van der Waals surface area contributed by atoms with Crippen molar-refractivity contribution in [2.75, 3.05) is 5.32 Å². The van der Waals surface area contributed by atoms with Crippen molar-refractivity contribution in [3.05, 3.63) is 66.0 Å². The molecule has 0 aliphatic carbocycles. The van der Waals surface area contributed by atoms with Gasteiger partial charge in [0.2, 0.25) is 11.0 Å². The van der Waals surface area contributed by atoms with Crippen LogP contribution in [0.3, 0.4) is 0 Å². The molecule has 0 aliphatic rings. The van der Waals surface area contributed by atoms with E-state index in [-0.39, 0.29) is 23.0 Å². The monoisotopic (exact) mass is 430 g/mol. The van der Waals surface area contributed by atoms with E-state index in [9.17, 15) is 9.18 Å². The summed E-state index contributed by atoms with van der Waals surface area (Å²) in [5.41, 5.74) is 1.61. The van der Waals surface area contributed by atoms with Crippen LogP contribution in [0.1, 0.15) is 25.8 Å². The number of para-hydroxylation sites is 1. The fourth-order valence-corrected chi connectivity index (χ4v) is 4.57. The Balaban J connectivity index is 1.47. The minimum absolute atomic E-state index is 0.0330. The van der Waals surface area contributed by atoms with Gasteiger partial charge in [-0.1, -0.05) is 65.6 Å². The van der Waals surface area contributed by atoms with Crippen molar-refractivity contribution in [2.24, 2.45) is 0 Å². The standard InChI is InChI=1S/C21H23FN4OS2/c1-14(12-13-16-8-4-3-5-9-16)23-19(27)15(2)28-21-26-25-20(29-21)24-18-11-7-6-10-17(18)22/h3-11,14-15H,12-13H2,1-2H3,(H,23,27)(H,24,25). The molecule has 2 N–H and O–H groups in total. The third-order valence-electron chi connectivity index (χ3n) is 4.27. The van der Waals surface area contributed by atoms with Crippen LogP contribution < -0.4 is 10.6 Å². The van der Waals surface area contributed by atoms with Crippen LogP contribution in [-0.2, 0) is 11.2 Å². The number of amides is 1. The summed E-state index contributed by atoms with van der Waals surface area (Å²) in [6, 6.07) is 16.7. The molecule has 5 nitrogen and oxygen atoms in total. The summed E-state index contributed by atoms with van der Waals surface area (Å²) in [6.45, 7) is 3.86. The molecule has 1 amide bonds. The summed E-state index contributed by atoms with van der Waals surface area (Å²) in [5, 5.41) is 14.3. The van der Waals surface area contributed by atoms with Crippen LogP contribution >= 0.6 is 23.1 Å². The molecule has 3 rings (SSSR count). The number of rotatable bonds is 9. The highest BCUT2D eigenvalue weighted by Crippen LogP contribution is 2.31. The topological polar surface area (TPSA) is 66.9 Å². The molecule has 0 fully saturated rings. The molecule has 3 aromatic rings. The molecule has 0 saturated heterocycles. The quantitative estimate of drug-likeness (QED) is 0.466. The van der Waals surface area contributed by atoms with Gasteiger partial charge in [-0.2, -0.15) is 0 Å². The minimum atomic E-state index is -0.353. The van der Waals surface area contributed by atoms with Crippen LogP contribution in [0.15, 0.2) is 58.9 Å². The lowest BCUT2D eigenvalue weighted by atomic mass is 10.1. The number of aromatic nitrogens is 2. The number of anilines is 2. The van der Waals surface area contributed by atoms with Gasteiger partial charge in [0.1, 0.15) is 5.82 Å². The number of nitrogens with zero attached hydrogens (tertiary/aromatic N) is 2. The molecule has 0 saturated carbocycles. The average molecular weight is 431 g/mol. The molecule has 152 valence electrons. The summed E-state index contributed by atoms with van der Waals surface area (Å²) < 4.78 is 14.4. The molecule has 0 aliphatic heterocycles. The average Bonchev–Trinajstić information content (AvgIpc) is 3.15. The highest BCUT2D eigenvalue weighted by Gasteiger charge is 2.19. The fraction of sp³-hybridized carbons (Fsp3) is 0.286. The predicted octanol–water partition coefficient (Wildman–Crippen LogP) is 5.04. The summed E-state index contributed by atoms with van der Waals surface area (Å²) in [5.74, 6) is -0.386. The molecule has 0 bridgehead atoms. The van der Waals surface area contributed by atoms with Crippen LogP contribution in [0.25, 0.3) is 0 Å². The Hall–Kier alpha value is -2.45. The Labute approximate surface area is 178 Å². The van der Waals surface area contributed by atoms with E-state index in [1.165, 1.54) is 34.7 Å². The van der Waals surface area contributed by atoms with Gasteiger partial charge in [0.05, 0.1) is 10.9 Å². The zero-order valence-corrected chi connectivity index (χ0v) is 17.9. The van der Waals surface area contributed by atoms with Crippen molar-refractivity contribution in [1.82, 2.24) is 15.5 Å².